The molecule has 0 atom stereocenters. The Morgan fingerprint density at radius 3 is 2.39 bits per heavy atom. The van der Waals surface area contributed by atoms with Crippen LogP contribution in [0, 0.1) is 0 Å². The molecular formula is C10H15F3N2O3. The minimum atomic E-state index is -4.45. The second-order valence-electron chi connectivity index (χ2n) is 3.97. The van der Waals surface area contributed by atoms with Gasteiger partial charge in [-0.25, -0.2) is 0 Å². The molecule has 1 aliphatic heterocycles. The molecule has 1 saturated heterocycles. The molecule has 0 aliphatic carbocycles. The Labute approximate surface area is 102 Å². The Morgan fingerprint density at radius 1 is 1.22 bits per heavy atom. The van der Waals surface area contributed by atoms with E-state index in [1.165, 1.54) is 0 Å². The molecule has 5 nitrogen and oxygen atoms in total. The molecule has 0 saturated carbocycles. The van der Waals surface area contributed by atoms with E-state index in [-0.39, 0.29) is 12.5 Å². The lowest BCUT2D eigenvalue weighted by Gasteiger charge is -2.15. The lowest BCUT2D eigenvalue weighted by Crippen LogP contribution is -2.40. The van der Waals surface area contributed by atoms with Crippen LogP contribution in [-0.4, -0.2) is 55.7 Å². The largest absolute Gasteiger partial charge is 0.411 e. The molecule has 8 heteroatoms. The zero-order valence-corrected chi connectivity index (χ0v) is 9.76. The van der Waals surface area contributed by atoms with E-state index in [0.29, 0.717) is 13.1 Å². The molecule has 0 aromatic heterocycles. The Kier molecular flexibility index (Phi) is 5.39. The molecule has 0 bridgehead atoms. The maximum Gasteiger partial charge on any atom is 0.411 e. The topological polar surface area (TPSA) is 58.6 Å². The van der Waals surface area contributed by atoms with Gasteiger partial charge in [0.15, 0.2) is 0 Å². The molecule has 1 heterocycles. The zero-order valence-electron chi connectivity index (χ0n) is 9.76. The lowest BCUT2D eigenvalue weighted by molar-refractivity contribution is -0.175. The van der Waals surface area contributed by atoms with Gasteiger partial charge in [0, 0.05) is 13.1 Å². The third-order valence-electron chi connectivity index (χ3n) is 2.39. The van der Waals surface area contributed by atoms with Crippen molar-refractivity contribution in [1.29, 1.82) is 0 Å². The van der Waals surface area contributed by atoms with Gasteiger partial charge in [-0.2, -0.15) is 13.2 Å². The van der Waals surface area contributed by atoms with E-state index in [9.17, 15) is 22.8 Å². The third kappa shape index (κ3) is 5.85. The Morgan fingerprint density at radius 2 is 1.83 bits per heavy atom. The zero-order chi connectivity index (χ0) is 13.6. The number of hydrogen-bond donors (Lipinski definition) is 1. The number of nitrogens with one attached hydrogen (secondary N) is 1. The molecule has 0 aromatic rings. The second-order valence-corrected chi connectivity index (χ2v) is 3.97. The van der Waals surface area contributed by atoms with Crippen LogP contribution in [0.4, 0.5) is 13.2 Å². The van der Waals surface area contributed by atoms with Crippen molar-refractivity contribution in [2.45, 2.75) is 19.0 Å². The number of carbonyl (C=O) groups is 2. The summed E-state index contributed by atoms with van der Waals surface area (Å²) in [4.78, 5) is 24.2. The maximum absolute atomic E-state index is 11.7. The number of ether oxygens (including phenoxy) is 1. The average Bonchev–Trinajstić information content (AvgIpc) is 2.77. The van der Waals surface area contributed by atoms with Gasteiger partial charge in [-0.15, -0.1) is 0 Å². The molecule has 1 fully saturated rings. The van der Waals surface area contributed by atoms with E-state index in [2.05, 4.69) is 10.1 Å². The van der Waals surface area contributed by atoms with Crippen molar-refractivity contribution in [2.75, 3.05) is 32.8 Å². The van der Waals surface area contributed by atoms with E-state index >= 15 is 0 Å². The van der Waals surface area contributed by atoms with Gasteiger partial charge in [-0.05, 0) is 12.8 Å². The minimum Gasteiger partial charge on any atom is -0.362 e. The lowest BCUT2D eigenvalue weighted by atomic mass is 10.4. The molecule has 0 radical (unpaired) electrons. The summed E-state index contributed by atoms with van der Waals surface area (Å²) in [5.41, 5.74) is 0. The molecule has 1 rings (SSSR count). The van der Waals surface area contributed by atoms with E-state index < -0.39 is 25.3 Å². The van der Waals surface area contributed by atoms with Crippen LogP contribution in [0.1, 0.15) is 12.8 Å². The van der Waals surface area contributed by atoms with Crippen LogP contribution >= 0.6 is 0 Å². The average molecular weight is 268 g/mol. The fourth-order valence-electron chi connectivity index (χ4n) is 1.56. The third-order valence-corrected chi connectivity index (χ3v) is 2.39. The standard InChI is InChI=1S/C10H15F3N2O3/c11-10(12,13)7-18-6-8(16)14-5-9(17)15-3-1-2-4-15/h1-7H2,(H,14,16). The number of alkyl halides is 3. The fourth-order valence-corrected chi connectivity index (χ4v) is 1.56. The maximum atomic E-state index is 11.7. The summed E-state index contributed by atoms with van der Waals surface area (Å²) in [6.45, 7) is -1.04. The first-order chi connectivity index (χ1) is 8.38. The van der Waals surface area contributed by atoms with Gasteiger partial charge in [-0.1, -0.05) is 0 Å². The Balaban J connectivity index is 2.11. The highest BCUT2D eigenvalue weighted by molar-refractivity contribution is 5.85. The van der Waals surface area contributed by atoms with Crippen molar-refractivity contribution in [2.24, 2.45) is 0 Å². The van der Waals surface area contributed by atoms with E-state index in [1.54, 1.807) is 4.90 Å². The summed E-state index contributed by atoms with van der Waals surface area (Å²) in [6.07, 6.45) is -2.57. The minimum absolute atomic E-state index is 0.200. The summed E-state index contributed by atoms with van der Waals surface area (Å²) >= 11 is 0. The monoisotopic (exact) mass is 268 g/mol. The van der Waals surface area contributed by atoms with Crippen molar-refractivity contribution >= 4 is 11.8 Å². The number of hydrogen-bond acceptors (Lipinski definition) is 3. The van der Waals surface area contributed by atoms with Crippen molar-refractivity contribution in [3.05, 3.63) is 0 Å². The highest BCUT2D eigenvalue weighted by atomic mass is 19.4. The number of halogens is 3. The summed E-state index contributed by atoms with van der Waals surface area (Å²) in [5.74, 6) is -0.955. The first-order valence-corrected chi connectivity index (χ1v) is 5.57. The van der Waals surface area contributed by atoms with Crippen LogP contribution < -0.4 is 5.32 Å². The summed E-state index contributed by atoms with van der Waals surface area (Å²) < 4.78 is 39.3. The smallest absolute Gasteiger partial charge is 0.362 e. The molecule has 1 aliphatic rings. The van der Waals surface area contributed by atoms with E-state index in [0.717, 1.165) is 12.8 Å². The molecule has 2 amide bonds. The van der Waals surface area contributed by atoms with Crippen molar-refractivity contribution < 1.29 is 27.5 Å². The number of carbonyl (C=O) groups excluding carboxylic acids is 2. The molecule has 104 valence electrons. The van der Waals surface area contributed by atoms with Crippen LogP contribution in [0.5, 0.6) is 0 Å². The highest BCUT2D eigenvalue weighted by Crippen LogP contribution is 2.14. The van der Waals surface area contributed by atoms with Gasteiger partial charge in [0.1, 0.15) is 13.2 Å². The van der Waals surface area contributed by atoms with Crippen molar-refractivity contribution in [3.63, 3.8) is 0 Å². The Hall–Kier alpha value is -1.31. The van der Waals surface area contributed by atoms with Crippen LogP contribution in [0.25, 0.3) is 0 Å². The number of rotatable bonds is 5. The molecular weight excluding hydrogens is 253 g/mol. The number of nitrogens with zero attached hydrogens (tertiary/aromatic N) is 1. The molecule has 1 N–H and O–H groups in total. The first-order valence-electron chi connectivity index (χ1n) is 5.57. The predicted octanol–water partition coefficient (Wildman–Crippen LogP) is 0.304. The molecule has 0 unspecified atom stereocenters. The van der Waals surface area contributed by atoms with Crippen LogP contribution in [0.15, 0.2) is 0 Å². The quantitative estimate of drug-likeness (QED) is 0.780. The second kappa shape index (κ2) is 6.58. The first kappa shape index (κ1) is 14.7. The van der Waals surface area contributed by atoms with E-state index in [1.807, 2.05) is 0 Å². The van der Waals surface area contributed by atoms with Gasteiger partial charge in [-0.3, -0.25) is 9.59 Å². The van der Waals surface area contributed by atoms with Gasteiger partial charge in [0.2, 0.25) is 11.8 Å². The van der Waals surface area contributed by atoms with Crippen LogP contribution in [0.3, 0.4) is 0 Å². The van der Waals surface area contributed by atoms with Crippen molar-refractivity contribution in [1.82, 2.24) is 10.2 Å². The summed E-state index contributed by atoms with van der Waals surface area (Å²) in [6, 6.07) is 0. The fraction of sp³-hybridized carbons (Fsp3) is 0.800. The molecule has 18 heavy (non-hydrogen) atoms. The van der Waals surface area contributed by atoms with Crippen LogP contribution in [0.2, 0.25) is 0 Å². The SMILES string of the molecule is O=C(COCC(F)(F)F)NCC(=O)N1CCCC1. The predicted molar refractivity (Wildman–Crippen MR) is 55.7 cm³/mol. The van der Waals surface area contributed by atoms with Crippen LogP contribution in [-0.2, 0) is 14.3 Å². The van der Waals surface area contributed by atoms with Crippen molar-refractivity contribution in [3.8, 4) is 0 Å². The number of likely N-dealkylation sites (tertiary alicyclic amines) is 1. The molecule has 0 spiro atoms. The Bertz CT molecular complexity index is 301. The van der Waals surface area contributed by atoms with Gasteiger partial charge < -0.3 is 15.0 Å². The number of amides is 2. The van der Waals surface area contributed by atoms with Gasteiger partial charge >= 0.3 is 6.18 Å². The summed E-state index contributed by atoms with van der Waals surface area (Å²) in [7, 11) is 0. The normalized spacial score (nSPS) is 15.8. The van der Waals surface area contributed by atoms with Gasteiger partial charge in [0.05, 0.1) is 6.54 Å². The molecule has 0 aromatic carbocycles. The highest BCUT2D eigenvalue weighted by Gasteiger charge is 2.27. The van der Waals surface area contributed by atoms with E-state index in [4.69, 9.17) is 0 Å². The summed E-state index contributed by atoms with van der Waals surface area (Å²) in [5, 5.41) is 2.22. The van der Waals surface area contributed by atoms with Gasteiger partial charge in [0.25, 0.3) is 0 Å².